The fraction of sp³-hybridized carbons (Fsp3) is 0.476. The van der Waals surface area contributed by atoms with Gasteiger partial charge in [0.15, 0.2) is 0 Å². The summed E-state index contributed by atoms with van der Waals surface area (Å²) in [4.78, 5) is 26.4. The van der Waals surface area contributed by atoms with Crippen LogP contribution in [0.5, 0.6) is 0 Å². The predicted octanol–water partition coefficient (Wildman–Crippen LogP) is 2.03. The molecule has 0 radical (unpaired) electrons. The summed E-state index contributed by atoms with van der Waals surface area (Å²) >= 11 is 0. The van der Waals surface area contributed by atoms with E-state index in [0.717, 1.165) is 17.5 Å². The van der Waals surface area contributed by atoms with Crippen molar-refractivity contribution in [1.82, 2.24) is 25.3 Å². The summed E-state index contributed by atoms with van der Waals surface area (Å²) in [5.41, 5.74) is 1.22. The number of alkyl halides is 3. The Bertz CT molecular complexity index is 941. The van der Waals surface area contributed by atoms with Crippen molar-refractivity contribution >= 4 is 11.8 Å². The number of aryl methyl sites for hydroxylation is 2. The lowest BCUT2D eigenvalue weighted by atomic mass is 10.0. The molecule has 0 saturated carbocycles. The average molecular weight is 437 g/mol. The minimum Gasteiger partial charge on any atom is -0.354 e. The summed E-state index contributed by atoms with van der Waals surface area (Å²) in [6.45, 7) is 5.26. The van der Waals surface area contributed by atoms with Crippen LogP contribution in [0, 0.1) is 13.8 Å². The summed E-state index contributed by atoms with van der Waals surface area (Å²) in [5, 5.41) is 9.79. The van der Waals surface area contributed by atoms with Gasteiger partial charge in [-0.3, -0.25) is 19.2 Å². The molecular formula is C21H26F3N5O2. The molecule has 1 aromatic carbocycles. The first-order chi connectivity index (χ1) is 14.6. The molecule has 168 valence electrons. The Morgan fingerprint density at radius 2 is 2.03 bits per heavy atom. The SMILES string of the molecule is Cc1cc(C)n(CCNC(=O)C[C@@H]2C(=O)NCCN2Cc2ccccc2C(F)(F)F)n1. The van der Waals surface area contributed by atoms with E-state index in [-0.39, 0.29) is 30.3 Å². The van der Waals surface area contributed by atoms with Crippen LogP contribution in [0.15, 0.2) is 30.3 Å². The average Bonchev–Trinajstić information content (AvgIpc) is 3.01. The summed E-state index contributed by atoms with van der Waals surface area (Å²) < 4.78 is 41.8. The largest absolute Gasteiger partial charge is 0.416 e. The van der Waals surface area contributed by atoms with Crippen molar-refractivity contribution in [3.63, 3.8) is 0 Å². The fourth-order valence-electron chi connectivity index (χ4n) is 3.78. The highest BCUT2D eigenvalue weighted by Gasteiger charge is 2.36. The predicted molar refractivity (Wildman–Crippen MR) is 108 cm³/mol. The lowest BCUT2D eigenvalue weighted by Crippen LogP contribution is -2.56. The van der Waals surface area contributed by atoms with Gasteiger partial charge in [-0.25, -0.2) is 0 Å². The molecule has 1 aliphatic rings. The minimum absolute atomic E-state index is 0.0627. The number of carbonyl (C=O) groups is 2. The van der Waals surface area contributed by atoms with Gasteiger partial charge in [-0.2, -0.15) is 18.3 Å². The molecule has 1 fully saturated rings. The van der Waals surface area contributed by atoms with Crippen LogP contribution in [-0.4, -0.2) is 52.2 Å². The van der Waals surface area contributed by atoms with Crippen LogP contribution < -0.4 is 10.6 Å². The van der Waals surface area contributed by atoms with Crippen molar-refractivity contribution in [3.8, 4) is 0 Å². The fourth-order valence-corrected chi connectivity index (χ4v) is 3.78. The van der Waals surface area contributed by atoms with E-state index in [9.17, 15) is 22.8 Å². The standard InChI is InChI=1S/C21H26F3N5O2/c1-14-11-15(2)29(27-14)10-8-25-19(30)12-18-20(31)26-7-9-28(18)13-16-5-3-4-6-17(16)21(22,23)24/h3-6,11,18H,7-10,12-13H2,1-2H3,(H,25,30)(H,26,31)/t18-/m1/s1. The zero-order chi connectivity index (χ0) is 22.6. The summed E-state index contributed by atoms with van der Waals surface area (Å²) in [5.74, 6) is -0.692. The van der Waals surface area contributed by atoms with Gasteiger partial charge in [-0.15, -0.1) is 0 Å². The molecule has 31 heavy (non-hydrogen) atoms. The summed E-state index contributed by atoms with van der Waals surface area (Å²) in [6.07, 6.45) is -4.61. The Morgan fingerprint density at radius 1 is 1.29 bits per heavy atom. The van der Waals surface area contributed by atoms with E-state index in [1.807, 2.05) is 19.9 Å². The molecule has 3 rings (SSSR count). The monoisotopic (exact) mass is 437 g/mol. The van der Waals surface area contributed by atoms with E-state index in [1.165, 1.54) is 18.2 Å². The van der Waals surface area contributed by atoms with Crippen molar-refractivity contribution in [1.29, 1.82) is 0 Å². The topological polar surface area (TPSA) is 79.3 Å². The molecule has 7 nitrogen and oxygen atoms in total. The molecule has 1 saturated heterocycles. The van der Waals surface area contributed by atoms with Gasteiger partial charge in [0.25, 0.3) is 0 Å². The van der Waals surface area contributed by atoms with Crippen LogP contribution in [-0.2, 0) is 28.9 Å². The van der Waals surface area contributed by atoms with Gasteiger partial charge in [-0.05, 0) is 31.5 Å². The molecule has 1 aromatic heterocycles. The third kappa shape index (κ3) is 5.84. The molecule has 0 unspecified atom stereocenters. The second-order valence-electron chi connectivity index (χ2n) is 7.64. The number of aromatic nitrogens is 2. The smallest absolute Gasteiger partial charge is 0.354 e. The molecule has 2 aromatic rings. The molecule has 2 heterocycles. The van der Waals surface area contributed by atoms with Crippen molar-refractivity contribution in [2.75, 3.05) is 19.6 Å². The van der Waals surface area contributed by atoms with Gasteiger partial charge in [0.2, 0.25) is 11.8 Å². The Balaban J connectivity index is 1.62. The number of hydrogen-bond donors (Lipinski definition) is 2. The third-order valence-corrected chi connectivity index (χ3v) is 5.27. The lowest BCUT2D eigenvalue weighted by molar-refractivity contribution is -0.139. The first-order valence-corrected chi connectivity index (χ1v) is 10.1. The van der Waals surface area contributed by atoms with Crippen molar-refractivity contribution in [3.05, 3.63) is 52.8 Å². The molecule has 1 atom stereocenters. The molecule has 2 N–H and O–H groups in total. The number of nitrogens with zero attached hydrogens (tertiary/aromatic N) is 3. The zero-order valence-corrected chi connectivity index (χ0v) is 17.5. The van der Waals surface area contributed by atoms with E-state index in [2.05, 4.69) is 15.7 Å². The molecule has 0 aliphatic carbocycles. The quantitative estimate of drug-likeness (QED) is 0.695. The first-order valence-electron chi connectivity index (χ1n) is 10.1. The van der Waals surface area contributed by atoms with Gasteiger partial charge in [0.05, 0.1) is 30.3 Å². The molecule has 10 heteroatoms. The lowest BCUT2D eigenvalue weighted by Gasteiger charge is -2.35. The maximum atomic E-state index is 13.3. The molecule has 0 spiro atoms. The van der Waals surface area contributed by atoms with Crippen LogP contribution >= 0.6 is 0 Å². The Morgan fingerprint density at radius 3 is 2.71 bits per heavy atom. The van der Waals surface area contributed by atoms with E-state index >= 15 is 0 Å². The van der Waals surface area contributed by atoms with Crippen LogP contribution in [0.1, 0.15) is 28.9 Å². The molecule has 0 bridgehead atoms. The van der Waals surface area contributed by atoms with Crippen LogP contribution in [0.25, 0.3) is 0 Å². The maximum absolute atomic E-state index is 13.3. The highest BCUT2D eigenvalue weighted by Crippen LogP contribution is 2.32. The summed E-state index contributed by atoms with van der Waals surface area (Å²) in [6, 6.07) is 6.41. The second-order valence-corrected chi connectivity index (χ2v) is 7.64. The molecule has 2 amide bonds. The Hall–Kier alpha value is -2.88. The van der Waals surface area contributed by atoms with Gasteiger partial charge >= 0.3 is 6.18 Å². The van der Waals surface area contributed by atoms with E-state index in [0.29, 0.717) is 26.2 Å². The first kappa shape index (κ1) is 22.8. The summed E-state index contributed by atoms with van der Waals surface area (Å²) in [7, 11) is 0. The van der Waals surface area contributed by atoms with Crippen LogP contribution in [0.3, 0.4) is 0 Å². The number of rotatable bonds is 7. The van der Waals surface area contributed by atoms with E-state index in [4.69, 9.17) is 0 Å². The number of amides is 2. The number of carbonyl (C=O) groups excluding carboxylic acids is 2. The van der Waals surface area contributed by atoms with Gasteiger partial charge < -0.3 is 10.6 Å². The minimum atomic E-state index is -4.48. The zero-order valence-electron chi connectivity index (χ0n) is 17.5. The van der Waals surface area contributed by atoms with Gasteiger partial charge in [-0.1, -0.05) is 18.2 Å². The van der Waals surface area contributed by atoms with Gasteiger partial charge in [0, 0.05) is 31.9 Å². The van der Waals surface area contributed by atoms with E-state index in [1.54, 1.807) is 9.58 Å². The van der Waals surface area contributed by atoms with Crippen molar-refractivity contribution in [2.24, 2.45) is 0 Å². The number of halogens is 3. The highest BCUT2D eigenvalue weighted by molar-refractivity contribution is 5.88. The Kier molecular flexibility index (Phi) is 6.99. The van der Waals surface area contributed by atoms with E-state index < -0.39 is 17.8 Å². The molecule has 1 aliphatic heterocycles. The Labute approximate surface area is 178 Å². The maximum Gasteiger partial charge on any atom is 0.416 e. The normalized spacial score (nSPS) is 17.5. The third-order valence-electron chi connectivity index (χ3n) is 5.27. The number of piperazine rings is 1. The van der Waals surface area contributed by atoms with Gasteiger partial charge in [0.1, 0.15) is 0 Å². The molecular weight excluding hydrogens is 411 g/mol. The number of nitrogens with one attached hydrogen (secondary N) is 2. The van der Waals surface area contributed by atoms with Crippen LogP contribution in [0.2, 0.25) is 0 Å². The van der Waals surface area contributed by atoms with Crippen molar-refractivity contribution in [2.45, 2.75) is 45.6 Å². The number of benzene rings is 1. The second kappa shape index (κ2) is 9.51. The van der Waals surface area contributed by atoms with Crippen molar-refractivity contribution < 1.29 is 22.8 Å². The highest BCUT2D eigenvalue weighted by atomic mass is 19.4. The van der Waals surface area contributed by atoms with Crippen LogP contribution in [0.4, 0.5) is 13.2 Å². The number of hydrogen-bond acceptors (Lipinski definition) is 4.